The smallest absolute Gasteiger partial charge is 0.130 e. The highest BCUT2D eigenvalue weighted by atomic mass is 16.1. The molecule has 0 aliphatic heterocycles. The van der Waals surface area contributed by atoms with E-state index in [2.05, 4.69) is 9.97 Å². The lowest BCUT2D eigenvalue weighted by molar-refractivity contribution is -0.116. The van der Waals surface area contributed by atoms with E-state index in [-0.39, 0.29) is 5.78 Å². The first-order chi connectivity index (χ1) is 6.77. The van der Waals surface area contributed by atoms with Gasteiger partial charge < -0.3 is 9.78 Å². The minimum atomic E-state index is 0.218. The van der Waals surface area contributed by atoms with Crippen LogP contribution >= 0.6 is 0 Å². The number of nitrogens with zero attached hydrogens (tertiary/aromatic N) is 1. The number of hydrogen-bond acceptors (Lipinski definition) is 2. The molecule has 3 heteroatoms. The van der Waals surface area contributed by atoms with Crippen molar-refractivity contribution in [2.24, 2.45) is 0 Å². The molecule has 3 nitrogen and oxygen atoms in total. The minimum absolute atomic E-state index is 0.218. The molecule has 0 aromatic carbocycles. The van der Waals surface area contributed by atoms with Gasteiger partial charge in [0.1, 0.15) is 5.78 Å². The molecule has 2 aromatic heterocycles. The van der Waals surface area contributed by atoms with Crippen LogP contribution in [0.15, 0.2) is 24.5 Å². The van der Waals surface area contributed by atoms with E-state index in [4.69, 9.17) is 0 Å². The number of carbonyl (C=O) groups excluding carboxylic acids is 1. The van der Waals surface area contributed by atoms with Gasteiger partial charge in [-0.25, -0.2) is 0 Å². The van der Waals surface area contributed by atoms with Crippen LogP contribution in [0.1, 0.15) is 18.9 Å². The van der Waals surface area contributed by atoms with Gasteiger partial charge in [0.05, 0.1) is 11.0 Å². The van der Waals surface area contributed by atoms with Gasteiger partial charge >= 0.3 is 0 Å². The minimum Gasteiger partial charge on any atom is -0.360 e. The second-order valence-corrected chi connectivity index (χ2v) is 3.42. The Balaban J connectivity index is 2.29. The number of ketones is 1. The van der Waals surface area contributed by atoms with Crippen LogP contribution < -0.4 is 0 Å². The molecule has 14 heavy (non-hydrogen) atoms. The maximum atomic E-state index is 10.8. The van der Waals surface area contributed by atoms with Gasteiger partial charge in [0.25, 0.3) is 0 Å². The second kappa shape index (κ2) is 3.62. The number of Topliss-reactive ketones (excluding diaryl/α,β-unsaturated/α-hetero) is 1. The predicted molar refractivity (Wildman–Crippen MR) is 55.1 cm³/mol. The number of fused-ring (bicyclic) bond motifs is 1. The summed E-state index contributed by atoms with van der Waals surface area (Å²) in [6.07, 6.45) is 5.06. The van der Waals surface area contributed by atoms with Crippen molar-refractivity contribution in [3.63, 3.8) is 0 Å². The Hall–Kier alpha value is -1.64. The molecule has 0 saturated carbocycles. The lowest BCUT2D eigenvalue weighted by atomic mass is 10.1. The van der Waals surface area contributed by atoms with Gasteiger partial charge in [0, 0.05) is 18.8 Å². The van der Waals surface area contributed by atoms with Crippen molar-refractivity contribution in [3.8, 4) is 0 Å². The number of aryl methyl sites for hydroxylation is 1. The van der Waals surface area contributed by atoms with Crippen molar-refractivity contribution in [2.45, 2.75) is 19.8 Å². The molecule has 0 atom stereocenters. The molecular weight excluding hydrogens is 176 g/mol. The molecule has 0 unspecified atom stereocenters. The SMILES string of the molecule is CC(=O)CCc1c[nH]c2cccnc12. The molecule has 1 N–H and O–H groups in total. The maximum absolute atomic E-state index is 10.8. The topological polar surface area (TPSA) is 45.8 Å². The summed E-state index contributed by atoms with van der Waals surface area (Å²) in [6, 6.07) is 3.88. The Morgan fingerprint density at radius 2 is 2.43 bits per heavy atom. The number of nitrogens with one attached hydrogen (secondary N) is 1. The third-order valence-electron chi connectivity index (χ3n) is 2.26. The number of aromatic nitrogens is 2. The number of H-pyrrole nitrogens is 1. The third kappa shape index (κ3) is 1.66. The van der Waals surface area contributed by atoms with Crippen LogP contribution in [-0.2, 0) is 11.2 Å². The van der Waals surface area contributed by atoms with Gasteiger partial charge in [-0.1, -0.05) is 0 Å². The molecule has 0 spiro atoms. The summed E-state index contributed by atoms with van der Waals surface area (Å²) in [6.45, 7) is 1.61. The number of carbonyl (C=O) groups is 1. The summed E-state index contributed by atoms with van der Waals surface area (Å²) in [5.41, 5.74) is 3.13. The second-order valence-electron chi connectivity index (χ2n) is 3.42. The quantitative estimate of drug-likeness (QED) is 0.801. The molecule has 2 aromatic rings. The highest BCUT2D eigenvalue weighted by molar-refractivity contribution is 5.80. The average Bonchev–Trinajstić information content (AvgIpc) is 2.58. The molecule has 0 saturated heterocycles. The van der Waals surface area contributed by atoms with E-state index in [9.17, 15) is 4.79 Å². The fourth-order valence-corrected chi connectivity index (χ4v) is 1.51. The Morgan fingerprint density at radius 1 is 1.57 bits per heavy atom. The summed E-state index contributed by atoms with van der Waals surface area (Å²) in [7, 11) is 0. The van der Waals surface area contributed by atoms with Gasteiger partial charge in [0.15, 0.2) is 0 Å². The van der Waals surface area contributed by atoms with Crippen LogP contribution in [0.25, 0.3) is 11.0 Å². The van der Waals surface area contributed by atoms with E-state index in [1.54, 1.807) is 13.1 Å². The number of hydrogen-bond donors (Lipinski definition) is 1. The Labute approximate surface area is 82.2 Å². The Morgan fingerprint density at radius 3 is 3.21 bits per heavy atom. The van der Waals surface area contributed by atoms with E-state index >= 15 is 0 Å². The fraction of sp³-hybridized carbons (Fsp3) is 0.273. The average molecular weight is 188 g/mol. The Kier molecular flexibility index (Phi) is 2.31. The van der Waals surface area contributed by atoms with Gasteiger partial charge in [-0.05, 0) is 31.0 Å². The van der Waals surface area contributed by atoms with Crippen molar-refractivity contribution in [2.75, 3.05) is 0 Å². The molecule has 0 amide bonds. The normalized spacial score (nSPS) is 10.6. The molecule has 0 bridgehead atoms. The van der Waals surface area contributed by atoms with Crippen LogP contribution in [0, 0.1) is 0 Å². The van der Waals surface area contributed by atoms with Crippen LogP contribution in [0.3, 0.4) is 0 Å². The summed E-state index contributed by atoms with van der Waals surface area (Å²) in [5.74, 6) is 0.218. The molecule has 0 fully saturated rings. The van der Waals surface area contributed by atoms with E-state index in [1.165, 1.54) is 0 Å². The summed E-state index contributed by atoms with van der Waals surface area (Å²) in [4.78, 5) is 18.3. The predicted octanol–water partition coefficient (Wildman–Crippen LogP) is 2.08. The number of pyridine rings is 1. The summed E-state index contributed by atoms with van der Waals surface area (Å²) < 4.78 is 0. The molecule has 72 valence electrons. The first kappa shape index (κ1) is 8.94. The monoisotopic (exact) mass is 188 g/mol. The van der Waals surface area contributed by atoms with Crippen molar-refractivity contribution < 1.29 is 4.79 Å². The van der Waals surface area contributed by atoms with Crippen LogP contribution in [0.4, 0.5) is 0 Å². The van der Waals surface area contributed by atoms with Crippen LogP contribution in [-0.4, -0.2) is 15.8 Å². The lowest BCUT2D eigenvalue weighted by Gasteiger charge is -1.94. The largest absolute Gasteiger partial charge is 0.360 e. The fourth-order valence-electron chi connectivity index (χ4n) is 1.51. The van der Waals surface area contributed by atoms with E-state index in [0.29, 0.717) is 6.42 Å². The molecular formula is C11H12N2O. The summed E-state index contributed by atoms with van der Waals surface area (Å²) >= 11 is 0. The molecule has 2 heterocycles. The van der Waals surface area contributed by atoms with E-state index in [1.807, 2.05) is 18.3 Å². The van der Waals surface area contributed by atoms with Crippen LogP contribution in [0.5, 0.6) is 0 Å². The first-order valence-electron chi connectivity index (χ1n) is 4.68. The number of rotatable bonds is 3. The third-order valence-corrected chi connectivity index (χ3v) is 2.26. The highest BCUT2D eigenvalue weighted by Gasteiger charge is 2.04. The van der Waals surface area contributed by atoms with Crippen molar-refractivity contribution in [1.82, 2.24) is 9.97 Å². The highest BCUT2D eigenvalue weighted by Crippen LogP contribution is 2.16. The van der Waals surface area contributed by atoms with Gasteiger partial charge in [-0.15, -0.1) is 0 Å². The van der Waals surface area contributed by atoms with Crippen molar-refractivity contribution >= 4 is 16.8 Å². The molecule has 0 radical (unpaired) electrons. The maximum Gasteiger partial charge on any atom is 0.130 e. The molecule has 0 aliphatic carbocycles. The zero-order valence-corrected chi connectivity index (χ0v) is 8.08. The van der Waals surface area contributed by atoms with Crippen molar-refractivity contribution in [1.29, 1.82) is 0 Å². The Bertz CT molecular complexity index is 459. The van der Waals surface area contributed by atoms with Crippen LogP contribution in [0.2, 0.25) is 0 Å². The van der Waals surface area contributed by atoms with Gasteiger partial charge in [-0.3, -0.25) is 4.98 Å². The van der Waals surface area contributed by atoms with E-state index in [0.717, 1.165) is 23.0 Å². The van der Waals surface area contributed by atoms with Gasteiger partial charge in [-0.2, -0.15) is 0 Å². The standard InChI is InChI=1S/C11H12N2O/c1-8(14)4-5-9-7-13-10-3-2-6-12-11(9)10/h2-3,6-7,13H,4-5H2,1H3. The van der Waals surface area contributed by atoms with E-state index < -0.39 is 0 Å². The lowest BCUT2D eigenvalue weighted by Crippen LogP contribution is -1.93. The molecule has 0 aliphatic rings. The number of aromatic amines is 1. The van der Waals surface area contributed by atoms with Crippen molar-refractivity contribution in [3.05, 3.63) is 30.1 Å². The van der Waals surface area contributed by atoms with Gasteiger partial charge in [0.2, 0.25) is 0 Å². The summed E-state index contributed by atoms with van der Waals surface area (Å²) in [5, 5.41) is 0. The zero-order valence-electron chi connectivity index (χ0n) is 8.08. The first-order valence-corrected chi connectivity index (χ1v) is 4.68. The zero-order chi connectivity index (χ0) is 9.97. The molecule has 2 rings (SSSR count).